The molecule has 0 bridgehead atoms. The Labute approximate surface area is 132 Å². The average molecular weight is 293 g/mol. The van der Waals surface area contributed by atoms with Crippen LogP contribution in [0.25, 0.3) is 11.1 Å². The average Bonchev–Trinajstić information content (AvgIpc) is 3.08. The maximum absolute atomic E-state index is 12.7. The molecule has 114 valence electrons. The van der Waals surface area contributed by atoms with Crippen LogP contribution in [-0.4, -0.2) is 30.3 Å². The Morgan fingerprint density at radius 1 is 1.00 bits per heavy atom. The van der Waals surface area contributed by atoms with Crippen LogP contribution in [0.1, 0.15) is 30.1 Å². The van der Waals surface area contributed by atoms with E-state index in [1.165, 1.54) is 12.8 Å². The molecule has 1 fully saturated rings. The summed E-state index contributed by atoms with van der Waals surface area (Å²) in [5.41, 5.74) is 3.09. The summed E-state index contributed by atoms with van der Waals surface area (Å²) in [5, 5.41) is 0. The van der Waals surface area contributed by atoms with Crippen LogP contribution in [0.3, 0.4) is 0 Å². The molecule has 0 N–H and O–H groups in total. The predicted octanol–water partition coefficient (Wildman–Crippen LogP) is 4.27. The Bertz CT molecular complexity index is 629. The number of hydrogen-bond donors (Lipinski definition) is 0. The number of nitrogens with zero attached hydrogens (tertiary/aromatic N) is 1. The second-order valence-corrected chi connectivity index (χ2v) is 6.22. The lowest BCUT2D eigenvalue weighted by molar-refractivity contribution is 0.0903. The number of Topliss-reactive ketones (excluding diaryl/α,β-unsaturated/α-hetero) is 1. The monoisotopic (exact) mass is 293 g/mol. The van der Waals surface area contributed by atoms with Crippen molar-refractivity contribution in [2.24, 2.45) is 5.92 Å². The van der Waals surface area contributed by atoms with E-state index in [1.54, 1.807) is 0 Å². The summed E-state index contributed by atoms with van der Waals surface area (Å²) in [5.74, 6) is 0.314. The highest BCUT2D eigenvalue weighted by molar-refractivity contribution is 5.98. The SMILES string of the molecule is CC(CN1CCCC1)C(=O)c1cccc(-c2ccccc2)c1. The van der Waals surface area contributed by atoms with Crippen LogP contribution < -0.4 is 0 Å². The van der Waals surface area contributed by atoms with Gasteiger partial charge in [-0.1, -0.05) is 55.5 Å². The van der Waals surface area contributed by atoms with Crippen molar-refractivity contribution in [1.29, 1.82) is 0 Å². The lowest BCUT2D eigenvalue weighted by Gasteiger charge is -2.19. The van der Waals surface area contributed by atoms with Gasteiger partial charge in [-0.25, -0.2) is 0 Å². The second-order valence-electron chi connectivity index (χ2n) is 6.22. The number of carbonyl (C=O) groups excluding carboxylic acids is 1. The van der Waals surface area contributed by atoms with Crippen LogP contribution in [0.2, 0.25) is 0 Å². The number of carbonyl (C=O) groups is 1. The molecule has 0 saturated carbocycles. The lowest BCUT2D eigenvalue weighted by atomic mass is 9.95. The van der Waals surface area contributed by atoms with Crippen molar-refractivity contribution in [3.05, 3.63) is 60.2 Å². The smallest absolute Gasteiger partial charge is 0.166 e. The molecule has 0 aromatic heterocycles. The molecule has 1 atom stereocenters. The minimum Gasteiger partial charge on any atom is -0.303 e. The molecule has 2 nitrogen and oxygen atoms in total. The fraction of sp³-hybridized carbons (Fsp3) is 0.350. The van der Waals surface area contributed by atoms with Gasteiger partial charge in [0.2, 0.25) is 0 Å². The van der Waals surface area contributed by atoms with E-state index in [-0.39, 0.29) is 11.7 Å². The van der Waals surface area contributed by atoms with Crippen molar-refractivity contribution in [1.82, 2.24) is 4.90 Å². The van der Waals surface area contributed by atoms with E-state index in [0.717, 1.165) is 36.3 Å². The molecule has 0 radical (unpaired) electrons. The van der Waals surface area contributed by atoms with Crippen molar-refractivity contribution in [3.8, 4) is 11.1 Å². The van der Waals surface area contributed by atoms with Gasteiger partial charge in [-0.15, -0.1) is 0 Å². The minimum absolute atomic E-state index is 0.0594. The fourth-order valence-corrected chi connectivity index (χ4v) is 3.20. The lowest BCUT2D eigenvalue weighted by Crippen LogP contribution is -2.29. The minimum atomic E-state index is 0.0594. The first-order valence-corrected chi connectivity index (χ1v) is 8.16. The maximum atomic E-state index is 12.7. The van der Waals surface area contributed by atoms with E-state index in [2.05, 4.69) is 30.0 Å². The van der Waals surface area contributed by atoms with Crippen molar-refractivity contribution in [3.63, 3.8) is 0 Å². The van der Waals surface area contributed by atoms with Crippen LogP contribution >= 0.6 is 0 Å². The van der Waals surface area contributed by atoms with Crippen molar-refractivity contribution in [2.45, 2.75) is 19.8 Å². The summed E-state index contributed by atoms with van der Waals surface area (Å²) in [4.78, 5) is 15.1. The molecule has 22 heavy (non-hydrogen) atoms. The van der Waals surface area contributed by atoms with Gasteiger partial charge < -0.3 is 4.90 Å². The first kappa shape index (κ1) is 15.0. The van der Waals surface area contributed by atoms with Gasteiger partial charge in [0.25, 0.3) is 0 Å². The van der Waals surface area contributed by atoms with Crippen LogP contribution in [-0.2, 0) is 0 Å². The Balaban J connectivity index is 1.75. The standard InChI is InChI=1S/C20H23NO/c1-16(15-21-12-5-6-13-21)20(22)19-11-7-10-18(14-19)17-8-3-2-4-9-17/h2-4,7-11,14,16H,5-6,12-13,15H2,1H3. The van der Waals surface area contributed by atoms with Gasteiger partial charge in [-0.3, -0.25) is 4.79 Å². The molecule has 1 unspecified atom stereocenters. The molecule has 1 heterocycles. The summed E-state index contributed by atoms with van der Waals surface area (Å²) in [6.45, 7) is 5.22. The molecule has 1 saturated heterocycles. The number of rotatable bonds is 5. The van der Waals surface area contributed by atoms with Gasteiger partial charge in [-0.05, 0) is 43.1 Å². The third-order valence-corrected chi connectivity index (χ3v) is 4.43. The van der Waals surface area contributed by atoms with Gasteiger partial charge in [-0.2, -0.15) is 0 Å². The van der Waals surface area contributed by atoms with Gasteiger partial charge >= 0.3 is 0 Å². The van der Waals surface area contributed by atoms with Crippen molar-refractivity contribution < 1.29 is 4.79 Å². The highest BCUT2D eigenvalue weighted by atomic mass is 16.1. The molecule has 2 heteroatoms. The number of hydrogen-bond acceptors (Lipinski definition) is 2. The highest BCUT2D eigenvalue weighted by Gasteiger charge is 2.20. The highest BCUT2D eigenvalue weighted by Crippen LogP contribution is 2.22. The van der Waals surface area contributed by atoms with Crippen LogP contribution in [0.5, 0.6) is 0 Å². The van der Waals surface area contributed by atoms with Gasteiger partial charge in [0, 0.05) is 18.0 Å². The largest absolute Gasteiger partial charge is 0.303 e. The molecule has 0 aliphatic carbocycles. The first-order chi connectivity index (χ1) is 10.7. The van der Waals surface area contributed by atoms with Crippen LogP contribution in [0, 0.1) is 5.92 Å². The molecule has 1 aliphatic rings. The Kier molecular flexibility index (Phi) is 4.69. The number of likely N-dealkylation sites (tertiary alicyclic amines) is 1. The van der Waals surface area contributed by atoms with E-state index in [4.69, 9.17) is 0 Å². The fourth-order valence-electron chi connectivity index (χ4n) is 3.20. The molecule has 0 amide bonds. The van der Waals surface area contributed by atoms with E-state index >= 15 is 0 Å². The third kappa shape index (κ3) is 3.45. The zero-order valence-corrected chi connectivity index (χ0v) is 13.2. The Morgan fingerprint density at radius 2 is 1.68 bits per heavy atom. The zero-order valence-electron chi connectivity index (χ0n) is 13.2. The summed E-state index contributed by atoms with van der Waals surface area (Å²) >= 11 is 0. The summed E-state index contributed by atoms with van der Waals surface area (Å²) in [6, 6.07) is 18.2. The summed E-state index contributed by atoms with van der Waals surface area (Å²) in [7, 11) is 0. The van der Waals surface area contributed by atoms with Crippen molar-refractivity contribution in [2.75, 3.05) is 19.6 Å². The Morgan fingerprint density at radius 3 is 2.41 bits per heavy atom. The van der Waals surface area contributed by atoms with E-state index in [1.807, 2.05) is 36.4 Å². The summed E-state index contributed by atoms with van der Waals surface area (Å²) < 4.78 is 0. The summed E-state index contributed by atoms with van der Waals surface area (Å²) in [6.07, 6.45) is 2.54. The zero-order chi connectivity index (χ0) is 15.4. The number of benzene rings is 2. The van der Waals surface area contributed by atoms with E-state index in [0.29, 0.717) is 0 Å². The van der Waals surface area contributed by atoms with Crippen LogP contribution in [0.15, 0.2) is 54.6 Å². The predicted molar refractivity (Wildman–Crippen MR) is 91.0 cm³/mol. The van der Waals surface area contributed by atoms with E-state index in [9.17, 15) is 4.79 Å². The van der Waals surface area contributed by atoms with Crippen molar-refractivity contribution >= 4 is 5.78 Å². The molecular weight excluding hydrogens is 270 g/mol. The van der Waals surface area contributed by atoms with Crippen LogP contribution in [0.4, 0.5) is 0 Å². The van der Waals surface area contributed by atoms with Gasteiger partial charge in [0.1, 0.15) is 0 Å². The number of ketones is 1. The second kappa shape index (κ2) is 6.89. The normalized spacial score (nSPS) is 16.6. The topological polar surface area (TPSA) is 20.3 Å². The molecule has 1 aliphatic heterocycles. The molecule has 2 aromatic carbocycles. The maximum Gasteiger partial charge on any atom is 0.166 e. The molecular formula is C20H23NO. The van der Waals surface area contributed by atoms with Gasteiger partial charge in [0.05, 0.1) is 0 Å². The Hall–Kier alpha value is -1.93. The molecule has 3 rings (SSSR count). The van der Waals surface area contributed by atoms with Gasteiger partial charge in [0.15, 0.2) is 5.78 Å². The molecule has 0 spiro atoms. The quantitative estimate of drug-likeness (QED) is 0.767. The molecule has 2 aromatic rings. The van der Waals surface area contributed by atoms with E-state index < -0.39 is 0 Å². The third-order valence-electron chi connectivity index (χ3n) is 4.43. The first-order valence-electron chi connectivity index (χ1n) is 8.16.